The van der Waals surface area contributed by atoms with Crippen molar-refractivity contribution in [3.63, 3.8) is 0 Å². The Morgan fingerprint density at radius 3 is 2.51 bits per heavy atom. The van der Waals surface area contributed by atoms with E-state index in [4.69, 9.17) is 9.84 Å². The van der Waals surface area contributed by atoms with Crippen molar-refractivity contribution < 1.29 is 14.3 Å². The van der Waals surface area contributed by atoms with Crippen molar-refractivity contribution in [1.82, 2.24) is 15.1 Å². The summed E-state index contributed by atoms with van der Waals surface area (Å²) in [5.41, 5.74) is 4.21. The third kappa shape index (κ3) is 5.56. The average molecular weight is 495 g/mol. The molecule has 1 heterocycles. The molecule has 0 radical (unpaired) electrons. The smallest absolute Gasteiger partial charge is 0.255 e. The highest BCUT2D eigenvalue weighted by molar-refractivity contribution is 6.00. The van der Waals surface area contributed by atoms with Gasteiger partial charge < -0.3 is 15.4 Å². The molecule has 1 aliphatic carbocycles. The fraction of sp³-hybridized carbons (Fsp3) is 0.233. The molecule has 4 aromatic rings. The lowest BCUT2D eigenvalue weighted by Gasteiger charge is -2.12. The van der Waals surface area contributed by atoms with Crippen LogP contribution in [0.3, 0.4) is 0 Å². The number of anilines is 1. The Hall–Kier alpha value is -4.39. The lowest BCUT2D eigenvalue weighted by Crippen LogP contribution is -2.23. The number of carbonyl (C=O) groups is 2. The molecule has 1 aromatic heterocycles. The topological polar surface area (TPSA) is 85.2 Å². The molecule has 0 saturated heterocycles. The summed E-state index contributed by atoms with van der Waals surface area (Å²) in [6, 6.07) is 24.8. The van der Waals surface area contributed by atoms with Crippen molar-refractivity contribution in [1.29, 1.82) is 0 Å². The number of amides is 2. The third-order valence-corrected chi connectivity index (χ3v) is 6.72. The normalized spacial score (nSPS) is 13.3. The van der Waals surface area contributed by atoms with Gasteiger partial charge in [-0.15, -0.1) is 0 Å². The summed E-state index contributed by atoms with van der Waals surface area (Å²) < 4.78 is 7.25. The minimum atomic E-state index is -0.247. The molecule has 7 nitrogen and oxygen atoms in total. The predicted molar refractivity (Wildman–Crippen MR) is 144 cm³/mol. The van der Waals surface area contributed by atoms with Gasteiger partial charge in [-0.3, -0.25) is 9.59 Å². The highest BCUT2D eigenvalue weighted by Gasteiger charge is 2.23. The van der Waals surface area contributed by atoms with Crippen LogP contribution >= 0.6 is 0 Å². The molecule has 5 rings (SSSR count). The first-order valence-corrected chi connectivity index (χ1v) is 12.6. The summed E-state index contributed by atoms with van der Waals surface area (Å²) >= 11 is 0. The Balaban J connectivity index is 1.36. The summed E-state index contributed by atoms with van der Waals surface area (Å²) in [5, 5.41) is 10.8. The molecule has 2 N–H and O–H groups in total. The molecule has 0 aliphatic heterocycles. The molecule has 2 amide bonds. The standard InChI is InChI=1S/C30H30N4O3/c1-37-27-17-8-7-16-25(27)28-26(20-34(33-28)24-14-3-2-4-15-24)30(36)31-19-21-10-9-13-23(18-21)32-29(35)22-11-5-6-12-22/h2-4,7-10,13-18,20,22H,5-6,11-12,19H2,1H3,(H,31,36)(H,32,35). The van der Waals surface area contributed by atoms with Crippen LogP contribution in [0, 0.1) is 5.92 Å². The molecule has 37 heavy (non-hydrogen) atoms. The van der Waals surface area contributed by atoms with E-state index in [-0.39, 0.29) is 17.7 Å². The van der Waals surface area contributed by atoms with E-state index in [0.717, 1.165) is 48.2 Å². The van der Waals surface area contributed by atoms with Gasteiger partial charge in [0.25, 0.3) is 5.91 Å². The summed E-state index contributed by atoms with van der Waals surface area (Å²) in [6.45, 7) is 0.313. The quantitative estimate of drug-likeness (QED) is 0.334. The highest BCUT2D eigenvalue weighted by atomic mass is 16.5. The molecule has 1 aliphatic rings. The fourth-order valence-electron chi connectivity index (χ4n) is 4.76. The molecular weight excluding hydrogens is 464 g/mol. The van der Waals surface area contributed by atoms with Crippen LogP contribution in [-0.2, 0) is 11.3 Å². The molecule has 0 spiro atoms. The van der Waals surface area contributed by atoms with Gasteiger partial charge in [0.05, 0.1) is 18.4 Å². The second-order valence-corrected chi connectivity index (χ2v) is 9.23. The van der Waals surface area contributed by atoms with E-state index in [1.165, 1.54) is 0 Å². The van der Waals surface area contributed by atoms with E-state index < -0.39 is 0 Å². The van der Waals surface area contributed by atoms with Crippen LogP contribution in [0.5, 0.6) is 5.75 Å². The molecule has 3 aromatic carbocycles. The van der Waals surface area contributed by atoms with E-state index in [0.29, 0.717) is 23.6 Å². The van der Waals surface area contributed by atoms with Crippen LogP contribution in [0.1, 0.15) is 41.6 Å². The molecule has 1 saturated carbocycles. The van der Waals surface area contributed by atoms with Crippen molar-refractivity contribution in [2.24, 2.45) is 5.92 Å². The van der Waals surface area contributed by atoms with Gasteiger partial charge in [0, 0.05) is 29.9 Å². The molecule has 0 unspecified atom stereocenters. The molecule has 0 bridgehead atoms. The number of hydrogen-bond acceptors (Lipinski definition) is 4. The number of nitrogens with zero attached hydrogens (tertiary/aromatic N) is 2. The van der Waals surface area contributed by atoms with Crippen molar-refractivity contribution in [3.8, 4) is 22.7 Å². The minimum absolute atomic E-state index is 0.0773. The minimum Gasteiger partial charge on any atom is -0.496 e. The Kier molecular flexibility index (Phi) is 7.31. The van der Waals surface area contributed by atoms with Gasteiger partial charge in [-0.05, 0) is 54.8 Å². The van der Waals surface area contributed by atoms with Gasteiger partial charge in [0.1, 0.15) is 11.4 Å². The number of hydrogen-bond donors (Lipinski definition) is 2. The van der Waals surface area contributed by atoms with E-state index >= 15 is 0 Å². The zero-order valence-electron chi connectivity index (χ0n) is 20.8. The molecule has 188 valence electrons. The van der Waals surface area contributed by atoms with Crippen LogP contribution in [-0.4, -0.2) is 28.7 Å². The fourth-order valence-corrected chi connectivity index (χ4v) is 4.76. The molecular formula is C30H30N4O3. The van der Waals surface area contributed by atoms with E-state index in [1.54, 1.807) is 18.0 Å². The zero-order chi connectivity index (χ0) is 25.6. The monoisotopic (exact) mass is 494 g/mol. The first kappa shape index (κ1) is 24.3. The molecule has 1 fully saturated rings. The number of carbonyl (C=O) groups excluding carboxylic acids is 2. The van der Waals surface area contributed by atoms with Crippen LogP contribution in [0.2, 0.25) is 0 Å². The average Bonchev–Trinajstić information content (AvgIpc) is 3.64. The number of nitrogens with one attached hydrogen (secondary N) is 2. The Bertz CT molecular complexity index is 1390. The highest BCUT2D eigenvalue weighted by Crippen LogP contribution is 2.32. The molecule has 7 heteroatoms. The van der Waals surface area contributed by atoms with Gasteiger partial charge in [0.15, 0.2) is 0 Å². The largest absolute Gasteiger partial charge is 0.496 e. The van der Waals surface area contributed by atoms with Crippen LogP contribution < -0.4 is 15.4 Å². The SMILES string of the molecule is COc1ccccc1-c1nn(-c2ccccc2)cc1C(=O)NCc1cccc(NC(=O)C2CCCC2)c1. The van der Waals surface area contributed by atoms with E-state index in [9.17, 15) is 9.59 Å². The lowest BCUT2D eigenvalue weighted by atomic mass is 10.1. The van der Waals surface area contributed by atoms with E-state index in [2.05, 4.69) is 10.6 Å². The van der Waals surface area contributed by atoms with Crippen molar-refractivity contribution in [2.45, 2.75) is 32.2 Å². The summed E-state index contributed by atoms with van der Waals surface area (Å²) in [5.74, 6) is 0.565. The van der Waals surface area contributed by atoms with Crippen LogP contribution in [0.25, 0.3) is 16.9 Å². The second-order valence-electron chi connectivity index (χ2n) is 9.23. The Morgan fingerprint density at radius 1 is 0.973 bits per heavy atom. The molecule has 0 atom stereocenters. The Morgan fingerprint density at radius 2 is 1.73 bits per heavy atom. The van der Waals surface area contributed by atoms with Gasteiger partial charge in [0.2, 0.25) is 5.91 Å². The summed E-state index contributed by atoms with van der Waals surface area (Å²) in [7, 11) is 1.60. The van der Waals surface area contributed by atoms with Crippen molar-refractivity contribution in [2.75, 3.05) is 12.4 Å². The lowest BCUT2D eigenvalue weighted by molar-refractivity contribution is -0.119. The zero-order valence-corrected chi connectivity index (χ0v) is 20.8. The van der Waals surface area contributed by atoms with Gasteiger partial charge in [-0.25, -0.2) is 4.68 Å². The second kappa shape index (κ2) is 11.1. The van der Waals surface area contributed by atoms with Crippen LogP contribution in [0.4, 0.5) is 5.69 Å². The van der Waals surface area contributed by atoms with Gasteiger partial charge in [-0.1, -0.05) is 55.3 Å². The number of aromatic nitrogens is 2. The predicted octanol–water partition coefficient (Wildman–Crippen LogP) is 5.61. The maximum atomic E-state index is 13.4. The van der Waals surface area contributed by atoms with Crippen molar-refractivity contribution in [3.05, 3.63) is 96.2 Å². The maximum absolute atomic E-state index is 13.4. The van der Waals surface area contributed by atoms with E-state index in [1.807, 2.05) is 78.9 Å². The number of rotatable bonds is 8. The third-order valence-electron chi connectivity index (χ3n) is 6.72. The summed E-state index contributed by atoms with van der Waals surface area (Å²) in [6.07, 6.45) is 5.87. The van der Waals surface area contributed by atoms with Crippen LogP contribution in [0.15, 0.2) is 85.1 Å². The summed E-state index contributed by atoms with van der Waals surface area (Å²) in [4.78, 5) is 25.9. The number of para-hydroxylation sites is 2. The van der Waals surface area contributed by atoms with Gasteiger partial charge >= 0.3 is 0 Å². The number of ether oxygens (including phenoxy) is 1. The number of benzene rings is 3. The first-order valence-electron chi connectivity index (χ1n) is 12.6. The number of methoxy groups -OCH3 is 1. The first-order chi connectivity index (χ1) is 18.1. The van der Waals surface area contributed by atoms with Crippen molar-refractivity contribution >= 4 is 17.5 Å². The van der Waals surface area contributed by atoms with Gasteiger partial charge in [-0.2, -0.15) is 5.10 Å². The maximum Gasteiger partial charge on any atom is 0.255 e. The Labute approximate surface area is 216 Å².